The van der Waals surface area contributed by atoms with Crippen LogP contribution in [0.5, 0.6) is 0 Å². The zero-order chi connectivity index (χ0) is 21.8. The highest BCUT2D eigenvalue weighted by molar-refractivity contribution is 5.90. The van der Waals surface area contributed by atoms with Crippen LogP contribution in [0.4, 0.5) is 4.39 Å². The zero-order valence-electron chi connectivity index (χ0n) is 16.5. The van der Waals surface area contributed by atoms with Gasteiger partial charge in [-0.3, -0.25) is 14.8 Å². The van der Waals surface area contributed by atoms with Gasteiger partial charge in [0.05, 0.1) is 6.54 Å². The fraction of sp³-hybridized carbons (Fsp3) is 0.217. The quantitative estimate of drug-likeness (QED) is 0.423. The van der Waals surface area contributed by atoms with Gasteiger partial charge in [-0.2, -0.15) is 0 Å². The molecule has 3 unspecified atom stereocenters. The van der Waals surface area contributed by atoms with Crippen molar-refractivity contribution in [2.45, 2.75) is 25.2 Å². The van der Waals surface area contributed by atoms with E-state index < -0.39 is 18.1 Å². The molecule has 0 saturated heterocycles. The fourth-order valence-corrected chi connectivity index (χ4v) is 3.69. The molecule has 1 aliphatic heterocycles. The predicted octanol–water partition coefficient (Wildman–Crippen LogP) is 2.87. The molecular weight excluding hydrogens is 401 g/mol. The lowest BCUT2D eigenvalue weighted by Crippen LogP contribution is -2.44. The van der Waals surface area contributed by atoms with E-state index in [2.05, 4.69) is 10.6 Å². The van der Waals surface area contributed by atoms with Crippen molar-refractivity contribution in [3.05, 3.63) is 89.4 Å². The Labute approximate surface area is 178 Å². The van der Waals surface area contributed by atoms with Crippen molar-refractivity contribution >= 4 is 17.5 Å². The van der Waals surface area contributed by atoms with Crippen LogP contribution in [-0.2, 0) is 11.3 Å². The van der Waals surface area contributed by atoms with Gasteiger partial charge in [0, 0.05) is 18.0 Å². The zero-order valence-corrected chi connectivity index (χ0v) is 16.5. The number of benzene rings is 1. The van der Waals surface area contributed by atoms with Gasteiger partial charge in [-0.25, -0.2) is 9.87 Å². The number of amides is 2. The Morgan fingerprint density at radius 2 is 2.00 bits per heavy atom. The van der Waals surface area contributed by atoms with Gasteiger partial charge in [0.1, 0.15) is 18.0 Å². The molecule has 1 aromatic heterocycles. The summed E-state index contributed by atoms with van der Waals surface area (Å²) in [6.45, 7) is 0.0740. The Morgan fingerprint density at radius 3 is 2.71 bits per heavy atom. The van der Waals surface area contributed by atoms with Crippen molar-refractivity contribution < 1.29 is 23.6 Å². The van der Waals surface area contributed by atoms with Gasteiger partial charge in [0.15, 0.2) is 5.76 Å². The molecular formula is C23H22FN3O4. The van der Waals surface area contributed by atoms with Crippen molar-refractivity contribution in [1.29, 1.82) is 0 Å². The van der Waals surface area contributed by atoms with Crippen LogP contribution in [-0.4, -0.2) is 29.2 Å². The SMILES string of the molecule is O=C(NO)c1ccc(CNC(=O)C2NC(c3ccccc3)=CC2C2=CCC(F)C=C2)o1. The first-order valence-electron chi connectivity index (χ1n) is 9.92. The van der Waals surface area contributed by atoms with E-state index in [1.165, 1.54) is 17.6 Å². The Bertz CT molecular complexity index is 1060. The average Bonchev–Trinajstić information content (AvgIpc) is 3.46. The first kappa shape index (κ1) is 20.6. The van der Waals surface area contributed by atoms with E-state index in [1.54, 1.807) is 12.1 Å². The Hall–Kier alpha value is -3.65. The van der Waals surface area contributed by atoms with Gasteiger partial charge in [-0.15, -0.1) is 0 Å². The predicted molar refractivity (Wildman–Crippen MR) is 111 cm³/mol. The van der Waals surface area contributed by atoms with Crippen LogP contribution in [0.1, 0.15) is 28.3 Å². The fourth-order valence-electron chi connectivity index (χ4n) is 3.69. The number of halogens is 1. The summed E-state index contributed by atoms with van der Waals surface area (Å²) in [5.74, 6) is -0.974. The summed E-state index contributed by atoms with van der Waals surface area (Å²) in [6, 6.07) is 12.0. The molecule has 2 amide bonds. The smallest absolute Gasteiger partial charge is 0.310 e. The molecule has 8 heteroatoms. The summed E-state index contributed by atoms with van der Waals surface area (Å²) in [6.07, 6.45) is 6.34. The summed E-state index contributed by atoms with van der Waals surface area (Å²) in [4.78, 5) is 24.4. The third kappa shape index (κ3) is 4.59. The second-order valence-electron chi connectivity index (χ2n) is 7.33. The van der Waals surface area contributed by atoms with Crippen LogP contribution in [0, 0.1) is 5.92 Å². The summed E-state index contributed by atoms with van der Waals surface area (Å²) in [5, 5.41) is 14.8. The molecule has 0 fully saturated rings. The van der Waals surface area contributed by atoms with Gasteiger partial charge in [-0.05, 0) is 23.3 Å². The van der Waals surface area contributed by atoms with E-state index in [1.807, 2.05) is 42.5 Å². The molecule has 4 N–H and O–H groups in total. The minimum absolute atomic E-state index is 0.0603. The molecule has 0 radical (unpaired) electrons. The van der Waals surface area contributed by atoms with E-state index in [0.717, 1.165) is 16.8 Å². The van der Waals surface area contributed by atoms with Gasteiger partial charge in [0.2, 0.25) is 5.91 Å². The van der Waals surface area contributed by atoms with E-state index >= 15 is 0 Å². The first-order valence-corrected chi connectivity index (χ1v) is 9.92. The Balaban J connectivity index is 1.49. The van der Waals surface area contributed by atoms with Gasteiger partial charge < -0.3 is 15.1 Å². The highest BCUT2D eigenvalue weighted by Crippen LogP contribution is 2.32. The van der Waals surface area contributed by atoms with E-state index in [-0.39, 0.29) is 30.6 Å². The van der Waals surface area contributed by atoms with E-state index in [9.17, 15) is 14.0 Å². The van der Waals surface area contributed by atoms with Gasteiger partial charge in [0.25, 0.3) is 0 Å². The molecule has 3 atom stereocenters. The maximum absolute atomic E-state index is 13.5. The van der Waals surface area contributed by atoms with Gasteiger partial charge in [-0.1, -0.05) is 54.6 Å². The first-order chi connectivity index (χ1) is 15.0. The molecule has 7 nitrogen and oxygen atoms in total. The second-order valence-corrected chi connectivity index (χ2v) is 7.33. The van der Waals surface area contributed by atoms with E-state index in [0.29, 0.717) is 5.76 Å². The van der Waals surface area contributed by atoms with Crippen molar-refractivity contribution in [2.24, 2.45) is 5.92 Å². The molecule has 4 rings (SSSR count). The van der Waals surface area contributed by atoms with Crippen molar-refractivity contribution in [3.63, 3.8) is 0 Å². The number of carbonyl (C=O) groups excluding carboxylic acids is 2. The molecule has 2 heterocycles. The molecule has 0 saturated carbocycles. The largest absolute Gasteiger partial charge is 0.454 e. The number of allylic oxidation sites excluding steroid dienone is 3. The molecule has 0 spiro atoms. The number of carbonyl (C=O) groups is 2. The number of alkyl halides is 1. The lowest BCUT2D eigenvalue weighted by Gasteiger charge is -2.22. The standard InChI is InChI=1S/C23H22FN3O4/c24-16-8-6-14(7-9-16)18-12-19(15-4-2-1-3-5-15)26-21(18)23(29)25-13-17-10-11-20(31-17)22(28)27-30/h1-8,10-12,16,18,21,26,30H,9,13H2,(H,25,29)(H,27,28). The highest BCUT2D eigenvalue weighted by Gasteiger charge is 2.35. The summed E-state index contributed by atoms with van der Waals surface area (Å²) in [5.41, 5.74) is 4.17. The van der Waals surface area contributed by atoms with E-state index in [4.69, 9.17) is 9.62 Å². The normalized spacial score (nSPS) is 22.3. The number of nitrogens with one attached hydrogen (secondary N) is 3. The molecule has 1 aromatic carbocycles. The molecule has 160 valence electrons. The molecule has 2 aromatic rings. The van der Waals surface area contributed by atoms with Crippen LogP contribution in [0.15, 0.2) is 76.8 Å². The monoisotopic (exact) mass is 423 g/mol. The lowest BCUT2D eigenvalue weighted by molar-refractivity contribution is -0.123. The Kier molecular flexibility index (Phi) is 5.99. The second kappa shape index (κ2) is 9.01. The number of furan rings is 1. The number of hydrogen-bond acceptors (Lipinski definition) is 5. The maximum atomic E-state index is 13.5. The third-order valence-corrected chi connectivity index (χ3v) is 5.27. The molecule has 0 bridgehead atoms. The van der Waals surface area contributed by atoms with Crippen molar-refractivity contribution in [1.82, 2.24) is 16.1 Å². The molecule has 2 aliphatic rings. The summed E-state index contributed by atoms with van der Waals surface area (Å²) in [7, 11) is 0. The summed E-state index contributed by atoms with van der Waals surface area (Å²) < 4.78 is 18.8. The minimum Gasteiger partial charge on any atom is -0.454 e. The minimum atomic E-state index is -1.01. The van der Waals surface area contributed by atoms with Crippen LogP contribution in [0.2, 0.25) is 0 Å². The van der Waals surface area contributed by atoms with Gasteiger partial charge >= 0.3 is 5.91 Å². The van der Waals surface area contributed by atoms with Crippen LogP contribution in [0.25, 0.3) is 5.70 Å². The highest BCUT2D eigenvalue weighted by atomic mass is 19.1. The van der Waals surface area contributed by atoms with Crippen LogP contribution in [0.3, 0.4) is 0 Å². The van der Waals surface area contributed by atoms with Crippen molar-refractivity contribution in [2.75, 3.05) is 0 Å². The average molecular weight is 423 g/mol. The Morgan fingerprint density at radius 1 is 1.19 bits per heavy atom. The maximum Gasteiger partial charge on any atom is 0.310 e. The lowest BCUT2D eigenvalue weighted by atomic mass is 9.88. The van der Waals surface area contributed by atoms with Crippen LogP contribution < -0.4 is 16.1 Å². The number of rotatable bonds is 6. The number of hydrogen-bond donors (Lipinski definition) is 4. The van der Waals surface area contributed by atoms with Crippen LogP contribution >= 0.6 is 0 Å². The third-order valence-electron chi connectivity index (χ3n) is 5.27. The molecule has 31 heavy (non-hydrogen) atoms. The molecule has 1 aliphatic carbocycles. The van der Waals surface area contributed by atoms with Crippen molar-refractivity contribution in [3.8, 4) is 0 Å². The number of hydroxylamine groups is 1. The topological polar surface area (TPSA) is 104 Å². The summed E-state index contributed by atoms with van der Waals surface area (Å²) >= 11 is 0.